The van der Waals surface area contributed by atoms with E-state index in [0.717, 1.165) is 30.1 Å². The van der Waals surface area contributed by atoms with Crippen LogP contribution < -0.4 is 4.57 Å². The summed E-state index contributed by atoms with van der Waals surface area (Å²) in [6.45, 7) is 1.72. The van der Waals surface area contributed by atoms with Gasteiger partial charge in [-0.05, 0) is 18.0 Å². The number of hydrogen-bond acceptors (Lipinski definition) is 2. The summed E-state index contributed by atoms with van der Waals surface area (Å²) in [6.07, 6.45) is 2.83. The number of oxazole rings is 1. The zero-order valence-corrected chi connectivity index (χ0v) is 13.1. The zero-order valence-electron chi connectivity index (χ0n) is 12.2. The van der Waals surface area contributed by atoms with E-state index in [2.05, 4.69) is 21.1 Å². The standard InChI is InChI=1S/C14H20F2N2OS/c1-18(2,3)7-5-6-17-12-8-10(15)11(16)9-13(12)19-14(17)20-4/h8-9H,5-7H2,1-4H3/q+2. The van der Waals surface area contributed by atoms with Crippen molar-refractivity contribution in [2.24, 2.45) is 0 Å². The quantitative estimate of drug-likeness (QED) is 0.480. The average Bonchev–Trinajstić information content (AvgIpc) is 2.66. The molecule has 0 unspecified atom stereocenters. The minimum atomic E-state index is -0.877. The maximum atomic E-state index is 13.4. The van der Waals surface area contributed by atoms with Gasteiger partial charge in [-0.1, -0.05) is 0 Å². The molecule has 0 amide bonds. The van der Waals surface area contributed by atoms with Crippen molar-refractivity contribution >= 4 is 22.9 Å². The number of thioether (sulfide) groups is 1. The largest absolute Gasteiger partial charge is 0.412 e. The van der Waals surface area contributed by atoms with Crippen molar-refractivity contribution in [3.05, 3.63) is 23.8 Å². The van der Waals surface area contributed by atoms with Gasteiger partial charge in [0, 0.05) is 6.07 Å². The summed E-state index contributed by atoms with van der Waals surface area (Å²) >= 11 is 1.44. The predicted octanol–water partition coefficient (Wildman–Crippen LogP) is 2.82. The van der Waals surface area contributed by atoms with E-state index in [4.69, 9.17) is 4.42 Å². The molecule has 0 atom stereocenters. The Bertz CT molecular complexity index is 620. The number of rotatable bonds is 5. The van der Waals surface area contributed by atoms with Crippen molar-refractivity contribution in [2.45, 2.75) is 18.2 Å². The van der Waals surface area contributed by atoms with Gasteiger partial charge in [-0.15, -0.1) is 0 Å². The zero-order chi connectivity index (χ0) is 14.9. The van der Waals surface area contributed by atoms with Gasteiger partial charge in [0.25, 0.3) is 5.52 Å². The first-order valence-corrected chi connectivity index (χ1v) is 7.70. The molecule has 1 aromatic carbocycles. The molecule has 0 spiro atoms. The van der Waals surface area contributed by atoms with Gasteiger partial charge < -0.3 is 8.90 Å². The van der Waals surface area contributed by atoms with Crippen molar-refractivity contribution in [3.8, 4) is 0 Å². The highest BCUT2D eigenvalue weighted by atomic mass is 32.2. The molecule has 0 saturated heterocycles. The Balaban J connectivity index is 2.33. The highest BCUT2D eigenvalue weighted by molar-refractivity contribution is 7.98. The number of aryl methyl sites for hydroxylation is 1. The number of hydrogen-bond donors (Lipinski definition) is 0. The molecule has 0 fully saturated rings. The average molecular weight is 302 g/mol. The lowest BCUT2D eigenvalue weighted by molar-refractivity contribution is -0.873. The van der Waals surface area contributed by atoms with E-state index in [1.54, 1.807) is 0 Å². The highest BCUT2D eigenvalue weighted by Crippen LogP contribution is 2.22. The van der Waals surface area contributed by atoms with E-state index in [1.165, 1.54) is 17.8 Å². The van der Waals surface area contributed by atoms with Crippen molar-refractivity contribution < 1.29 is 22.2 Å². The van der Waals surface area contributed by atoms with Crippen LogP contribution in [0.4, 0.5) is 8.78 Å². The van der Waals surface area contributed by atoms with Gasteiger partial charge in [0.15, 0.2) is 18.2 Å². The third-order valence-electron chi connectivity index (χ3n) is 3.10. The lowest BCUT2D eigenvalue weighted by Crippen LogP contribution is -2.40. The van der Waals surface area contributed by atoms with Crippen LogP contribution >= 0.6 is 11.8 Å². The van der Waals surface area contributed by atoms with E-state index in [0.29, 0.717) is 16.3 Å². The molecule has 1 heterocycles. The minimum Gasteiger partial charge on any atom is -0.393 e. The molecule has 3 nitrogen and oxygen atoms in total. The minimum absolute atomic E-state index is 0.387. The van der Waals surface area contributed by atoms with Gasteiger partial charge in [-0.2, -0.15) is 4.57 Å². The number of fused-ring (bicyclic) bond motifs is 1. The highest BCUT2D eigenvalue weighted by Gasteiger charge is 2.24. The van der Waals surface area contributed by atoms with Crippen LogP contribution in [0.1, 0.15) is 6.42 Å². The summed E-state index contributed by atoms with van der Waals surface area (Å²) in [5.74, 6) is -1.72. The molecule has 0 aliphatic heterocycles. The van der Waals surface area contributed by atoms with E-state index < -0.39 is 11.6 Å². The van der Waals surface area contributed by atoms with Crippen LogP contribution in [0.5, 0.6) is 0 Å². The first kappa shape index (κ1) is 15.3. The summed E-state index contributed by atoms with van der Waals surface area (Å²) in [5.41, 5.74) is 0.994. The molecule has 0 N–H and O–H groups in total. The SMILES string of the molecule is CSc1oc2cc(F)c(F)cc2[n+]1CCC[N+](C)(C)C. The summed E-state index contributed by atoms with van der Waals surface area (Å²) in [5, 5.41) is 0.673. The second kappa shape index (κ2) is 5.69. The summed E-state index contributed by atoms with van der Waals surface area (Å²) in [4.78, 5) is 0. The lowest BCUT2D eigenvalue weighted by Gasteiger charge is -2.22. The summed E-state index contributed by atoms with van der Waals surface area (Å²) < 4.78 is 35.0. The maximum Gasteiger partial charge on any atom is 0.412 e. The fourth-order valence-corrected chi connectivity index (χ4v) is 2.71. The molecule has 0 saturated carbocycles. The van der Waals surface area contributed by atoms with Gasteiger partial charge in [0.2, 0.25) is 5.58 Å². The van der Waals surface area contributed by atoms with Crippen molar-refractivity contribution in [2.75, 3.05) is 33.9 Å². The molecule has 1 aromatic heterocycles. The van der Waals surface area contributed by atoms with E-state index in [1.807, 2.05) is 10.8 Å². The van der Waals surface area contributed by atoms with Gasteiger partial charge in [0.05, 0.1) is 40.2 Å². The van der Waals surface area contributed by atoms with Crippen LogP contribution in [0.3, 0.4) is 0 Å². The van der Waals surface area contributed by atoms with Crippen LogP contribution in [0, 0.1) is 11.6 Å². The Hall–Kier alpha value is -1.14. The molecular formula is C14H20F2N2OS+2. The summed E-state index contributed by atoms with van der Waals surface area (Å²) in [7, 11) is 6.38. The predicted molar refractivity (Wildman–Crippen MR) is 75.6 cm³/mol. The number of quaternary nitrogens is 1. The first-order chi connectivity index (χ1) is 9.31. The summed E-state index contributed by atoms with van der Waals surface area (Å²) in [6, 6.07) is 2.32. The maximum absolute atomic E-state index is 13.4. The third-order valence-corrected chi connectivity index (χ3v) is 3.75. The van der Waals surface area contributed by atoms with E-state index >= 15 is 0 Å². The second-order valence-corrected chi connectivity index (χ2v) is 6.58. The number of nitrogens with zero attached hydrogens (tertiary/aromatic N) is 2. The van der Waals surface area contributed by atoms with Crippen LogP contribution in [0.2, 0.25) is 0 Å². The Morgan fingerprint density at radius 2 is 1.85 bits per heavy atom. The van der Waals surface area contributed by atoms with Crippen LogP contribution in [-0.2, 0) is 6.54 Å². The molecule has 0 aliphatic carbocycles. The molecule has 110 valence electrons. The van der Waals surface area contributed by atoms with Gasteiger partial charge in [-0.25, -0.2) is 8.78 Å². The first-order valence-electron chi connectivity index (χ1n) is 6.47. The Labute approximate surface area is 121 Å². The number of aromatic nitrogens is 1. The van der Waals surface area contributed by atoms with Crippen molar-refractivity contribution in [3.63, 3.8) is 0 Å². The second-order valence-electron chi connectivity index (χ2n) is 5.83. The molecule has 6 heteroatoms. The van der Waals surface area contributed by atoms with Crippen molar-refractivity contribution in [1.82, 2.24) is 0 Å². The smallest absolute Gasteiger partial charge is 0.393 e. The lowest BCUT2D eigenvalue weighted by atomic mass is 10.3. The van der Waals surface area contributed by atoms with Gasteiger partial charge in [-0.3, -0.25) is 0 Å². The molecule has 0 aliphatic rings. The molecule has 0 radical (unpaired) electrons. The molecule has 0 bridgehead atoms. The van der Waals surface area contributed by atoms with Gasteiger partial charge in [0.1, 0.15) is 0 Å². The Morgan fingerprint density at radius 1 is 1.20 bits per heavy atom. The third kappa shape index (κ3) is 3.30. The topological polar surface area (TPSA) is 17.0 Å². The molecular weight excluding hydrogens is 282 g/mol. The fraction of sp³-hybridized carbons (Fsp3) is 0.500. The monoisotopic (exact) mass is 302 g/mol. The van der Waals surface area contributed by atoms with Crippen LogP contribution in [0.15, 0.2) is 21.8 Å². The number of benzene rings is 1. The number of halogens is 2. The normalized spacial score (nSPS) is 12.3. The molecule has 2 aromatic rings. The van der Waals surface area contributed by atoms with Crippen molar-refractivity contribution in [1.29, 1.82) is 0 Å². The van der Waals surface area contributed by atoms with Crippen LogP contribution in [0.25, 0.3) is 11.1 Å². The molecule has 20 heavy (non-hydrogen) atoms. The Kier molecular flexibility index (Phi) is 4.34. The van der Waals surface area contributed by atoms with Crippen LogP contribution in [-0.4, -0.2) is 38.4 Å². The fourth-order valence-electron chi connectivity index (χ4n) is 2.13. The Morgan fingerprint density at radius 3 is 2.45 bits per heavy atom. The molecule has 2 rings (SSSR count). The van der Waals surface area contributed by atoms with E-state index in [-0.39, 0.29) is 0 Å². The van der Waals surface area contributed by atoms with E-state index in [9.17, 15) is 8.78 Å². The van der Waals surface area contributed by atoms with Gasteiger partial charge >= 0.3 is 5.22 Å².